The molecule has 0 aliphatic rings. The van der Waals surface area contributed by atoms with Crippen LogP contribution in [-0.2, 0) is 6.54 Å². The first kappa shape index (κ1) is 16.6. The summed E-state index contributed by atoms with van der Waals surface area (Å²) in [5.74, 6) is 0.114. The predicted octanol–water partition coefficient (Wildman–Crippen LogP) is 5.33. The van der Waals surface area contributed by atoms with Gasteiger partial charge in [-0.2, -0.15) is 0 Å². The molecule has 2 rings (SSSR count). The Labute approximate surface area is 137 Å². The fraction of sp³-hybridized carbons (Fsp3) is 0.438. The maximum atomic E-state index is 13.5. The molecule has 0 aliphatic heterocycles. The van der Waals surface area contributed by atoms with E-state index in [4.69, 9.17) is 4.98 Å². The van der Waals surface area contributed by atoms with Crippen LogP contribution in [0.3, 0.4) is 0 Å². The molecule has 0 spiro atoms. The predicted molar refractivity (Wildman–Crippen MR) is 91.3 cm³/mol. The molecule has 1 N–H and O–H groups in total. The number of thiazole rings is 1. The molecule has 0 unspecified atom stereocenters. The van der Waals surface area contributed by atoms with Gasteiger partial charge in [0.05, 0.1) is 5.69 Å². The van der Waals surface area contributed by atoms with Gasteiger partial charge in [-0.3, -0.25) is 0 Å². The number of hydrogen-bond acceptors (Lipinski definition) is 3. The maximum absolute atomic E-state index is 13.5. The van der Waals surface area contributed by atoms with Crippen molar-refractivity contribution in [3.8, 4) is 10.6 Å². The fourth-order valence-electron chi connectivity index (χ4n) is 2.01. The molecule has 2 aromatic rings. The number of benzene rings is 1. The van der Waals surface area contributed by atoms with Crippen molar-refractivity contribution in [3.63, 3.8) is 0 Å². The summed E-state index contributed by atoms with van der Waals surface area (Å²) in [6.07, 6.45) is 0. The molecule has 1 aromatic heterocycles. The van der Waals surface area contributed by atoms with Crippen molar-refractivity contribution in [2.75, 3.05) is 0 Å². The van der Waals surface area contributed by atoms with E-state index in [-0.39, 0.29) is 5.82 Å². The number of halogens is 2. The van der Waals surface area contributed by atoms with Crippen molar-refractivity contribution < 1.29 is 4.39 Å². The van der Waals surface area contributed by atoms with Gasteiger partial charge in [0.1, 0.15) is 10.8 Å². The van der Waals surface area contributed by atoms with E-state index in [0.717, 1.165) is 27.3 Å². The number of hydrogen-bond donors (Lipinski definition) is 1. The molecule has 0 amide bonds. The van der Waals surface area contributed by atoms with Gasteiger partial charge in [0.2, 0.25) is 0 Å². The zero-order chi connectivity index (χ0) is 15.6. The zero-order valence-corrected chi connectivity index (χ0v) is 15.1. The lowest BCUT2D eigenvalue weighted by atomic mass is 10.1. The molecule has 2 nitrogen and oxygen atoms in total. The van der Waals surface area contributed by atoms with Crippen LogP contribution in [-0.4, -0.2) is 11.0 Å². The average molecular weight is 371 g/mol. The Morgan fingerprint density at radius 2 is 2.00 bits per heavy atom. The van der Waals surface area contributed by atoms with E-state index < -0.39 is 0 Å². The summed E-state index contributed by atoms with van der Waals surface area (Å²) in [7, 11) is 0. The van der Waals surface area contributed by atoms with Crippen LogP contribution in [0.4, 0.5) is 4.39 Å². The van der Waals surface area contributed by atoms with Crippen molar-refractivity contribution in [3.05, 3.63) is 39.1 Å². The van der Waals surface area contributed by atoms with E-state index in [9.17, 15) is 4.39 Å². The number of rotatable bonds is 5. The third kappa shape index (κ3) is 4.11. The molecular formula is C16H20BrFN2S. The second-order valence-electron chi connectivity index (χ2n) is 5.64. The molecule has 0 fully saturated rings. The molecule has 21 heavy (non-hydrogen) atoms. The van der Waals surface area contributed by atoms with Gasteiger partial charge in [-0.1, -0.05) is 43.6 Å². The summed E-state index contributed by atoms with van der Waals surface area (Å²) < 4.78 is 14.4. The number of aromatic nitrogens is 1. The van der Waals surface area contributed by atoms with Gasteiger partial charge in [0.25, 0.3) is 0 Å². The molecular weight excluding hydrogens is 351 g/mol. The second kappa shape index (κ2) is 6.99. The molecule has 0 saturated carbocycles. The SMILES string of the molecule is CC(C)NCc1sc(-c2cc(F)ccc2Br)nc1C(C)C. The minimum Gasteiger partial charge on any atom is -0.310 e. The van der Waals surface area contributed by atoms with E-state index in [1.54, 1.807) is 17.4 Å². The van der Waals surface area contributed by atoms with E-state index in [2.05, 4.69) is 48.9 Å². The molecule has 114 valence electrons. The minimum atomic E-state index is -0.239. The third-order valence-corrected chi connectivity index (χ3v) is 4.90. The highest BCUT2D eigenvalue weighted by molar-refractivity contribution is 9.10. The molecule has 0 saturated heterocycles. The van der Waals surface area contributed by atoms with Crippen molar-refractivity contribution in [1.29, 1.82) is 0 Å². The largest absolute Gasteiger partial charge is 0.310 e. The fourth-order valence-corrected chi connectivity index (χ4v) is 3.78. The summed E-state index contributed by atoms with van der Waals surface area (Å²) in [6, 6.07) is 5.14. The van der Waals surface area contributed by atoms with E-state index in [1.807, 2.05) is 0 Å². The lowest BCUT2D eigenvalue weighted by Gasteiger charge is -2.09. The number of nitrogens with one attached hydrogen (secondary N) is 1. The molecule has 5 heteroatoms. The Morgan fingerprint density at radius 3 is 2.62 bits per heavy atom. The van der Waals surface area contributed by atoms with Crippen LogP contribution in [0.5, 0.6) is 0 Å². The lowest BCUT2D eigenvalue weighted by molar-refractivity contribution is 0.588. The van der Waals surface area contributed by atoms with Crippen LogP contribution >= 0.6 is 27.3 Å². The highest BCUT2D eigenvalue weighted by atomic mass is 79.9. The second-order valence-corrected chi connectivity index (χ2v) is 7.58. The zero-order valence-electron chi connectivity index (χ0n) is 12.7. The standard InChI is InChI=1S/C16H20BrFN2S/c1-9(2)15-14(8-19-10(3)4)21-16(20-15)12-7-11(18)5-6-13(12)17/h5-7,9-10,19H,8H2,1-4H3. The van der Waals surface area contributed by atoms with Crippen LogP contribution in [0.25, 0.3) is 10.6 Å². The van der Waals surface area contributed by atoms with Crippen LogP contribution in [0.15, 0.2) is 22.7 Å². The first-order valence-electron chi connectivity index (χ1n) is 7.07. The Kier molecular flexibility index (Phi) is 5.52. The highest BCUT2D eigenvalue weighted by Gasteiger charge is 2.17. The van der Waals surface area contributed by atoms with Gasteiger partial charge in [-0.15, -0.1) is 11.3 Å². The summed E-state index contributed by atoms with van der Waals surface area (Å²) in [5, 5.41) is 4.30. The lowest BCUT2D eigenvalue weighted by Crippen LogP contribution is -2.22. The first-order valence-corrected chi connectivity index (χ1v) is 8.67. The molecule has 0 bridgehead atoms. The van der Waals surface area contributed by atoms with Gasteiger partial charge in [-0.05, 0) is 24.1 Å². The monoisotopic (exact) mass is 370 g/mol. The van der Waals surface area contributed by atoms with Crippen LogP contribution < -0.4 is 5.32 Å². The minimum absolute atomic E-state index is 0.239. The first-order chi connectivity index (χ1) is 9.88. The molecule has 1 aromatic carbocycles. The van der Waals surface area contributed by atoms with Gasteiger partial charge in [-0.25, -0.2) is 9.37 Å². The maximum Gasteiger partial charge on any atom is 0.125 e. The van der Waals surface area contributed by atoms with Crippen LogP contribution in [0, 0.1) is 5.82 Å². The molecule has 0 radical (unpaired) electrons. The quantitative estimate of drug-likeness (QED) is 0.768. The average Bonchev–Trinajstić information content (AvgIpc) is 2.83. The van der Waals surface area contributed by atoms with Crippen molar-refractivity contribution in [1.82, 2.24) is 10.3 Å². The smallest absolute Gasteiger partial charge is 0.125 e. The Morgan fingerprint density at radius 1 is 1.29 bits per heavy atom. The summed E-state index contributed by atoms with van der Waals surface area (Å²) in [5.41, 5.74) is 1.91. The van der Waals surface area contributed by atoms with Gasteiger partial charge in [0, 0.05) is 27.5 Å². The third-order valence-electron chi connectivity index (χ3n) is 3.10. The Hall–Kier alpha value is -0.780. The highest BCUT2D eigenvalue weighted by Crippen LogP contribution is 2.35. The van der Waals surface area contributed by atoms with Crippen molar-refractivity contribution in [2.45, 2.75) is 46.2 Å². The van der Waals surface area contributed by atoms with E-state index >= 15 is 0 Å². The molecule has 0 atom stereocenters. The summed E-state index contributed by atoms with van der Waals surface area (Å²) in [6.45, 7) is 9.33. The van der Waals surface area contributed by atoms with Crippen molar-refractivity contribution >= 4 is 27.3 Å². The summed E-state index contributed by atoms with van der Waals surface area (Å²) >= 11 is 5.12. The molecule has 1 heterocycles. The Balaban J connectivity index is 2.41. The summed E-state index contributed by atoms with van der Waals surface area (Å²) in [4.78, 5) is 5.97. The van der Waals surface area contributed by atoms with Gasteiger partial charge in [0.15, 0.2) is 0 Å². The molecule has 0 aliphatic carbocycles. The normalized spacial score (nSPS) is 11.6. The Bertz CT molecular complexity index is 623. The van der Waals surface area contributed by atoms with Gasteiger partial charge < -0.3 is 5.32 Å². The topological polar surface area (TPSA) is 24.9 Å². The number of nitrogens with zero attached hydrogens (tertiary/aromatic N) is 1. The van der Waals surface area contributed by atoms with Crippen LogP contribution in [0.1, 0.15) is 44.2 Å². The van der Waals surface area contributed by atoms with E-state index in [1.165, 1.54) is 17.0 Å². The van der Waals surface area contributed by atoms with E-state index in [0.29, 0.717) is 12.0 Å². The van der Waals surface area contributed by atoms with Crippen molar-refractivity contribution in [2.24, 2.45) is 0 Å². The van der Waals surface area contributed by atoms with Crippen LogP contribution in [0.2, 0.25) is 0 Å². The van der Waals surface area contributed by atoms with Gasteiger partial charge >= 0.3 is 0 Å².